The Labute approximate surface area is 91.5 Å². The van der Waals surface area contributed by atoms with Gasteiger partial charge in [0.1, 0.15) is 0 Å². The summed E-state index contributed by atoms with van der Waals surface area (Å²) in [5.41, 5.74) is 0. The minimum absolute atomic E-state index is 0.0681. The van der Waals surface area contributed by atoms with Crippen molar-refractivity contribution in [1.82, 2.24) is 4.90 Å². The number of rotatable bonds is 3. The van der Waals surface area contributed by atoms with Gasteiger partial charge in [0.25, 0.3) is 0 Å². The zero-order valence-electron chi connectivity index (χ0n) is 9.48. The molecule has 1 N–H and O–H groups in total. The Bertz CT molecular complexity index is 238. The number of hydrogen-bond donors (Lipinski definition) is 1. The van der Waals surface area contributed by atoms with Gasteiger partial charge in [0.05, 0.1) is 5.92 Å². The van der Waals surface area contributed by atoms with Gasteiger partial charge in [-0.05, 0) is 51.1 Å². The fourth-order valence-corrected chi connectivity index (χ4v) is 3.09. The summed E-state index contributed by atoms with van der Waals surface area (Å²) in [6.07, 6.45) is 5.78. The van der Waals surface area contributed by atoms with E-state index in [1.807, 2.05) is 0 Å². The molecule has 2 unspecified atom stereocenters. The first-order valence-electron chi connectivity index (χ1n) is 6.10. The third-order valence-electron chi connectivity index (χ3n) is 4.11. The molecule has 1 heterocycles. The van der Waals surface area contributed by atoms with E-state index >= 15 is 0 Å². The Morgan fingerprint density at radius 3 is 2.40 bits per heavy atom. The molecule has 2 rings (SSSR count). The highest BCUT2D eigenvalue weighted by Crippen LogP contribution is 2.40. The Morgan fingerprint density at radius 2 is 1.93 bits per heavy atom. The zero-order valence-corrected chi connectivity index (χ0v) is 9.48. The number of hydrogen-bond acceptors (Lipinski definition) is 2. The van der Waals surface area contributed by atoms with Crippen molar-refractivity contribution in [2.45, 2.75) is 32.1 Å². The van der Waals surface area contributed by atoms with Crippen LogP contribution in [0.1, 0.15) is 32.1 Å². The SMILES string of the molecule is CN1CCCC(C(C(=O)O)C2CCC2)C1. The van der Waals surface area contributed by atoms with Crippen molar-refractivity contribution in [1.29, 1.82) is 0 Å². The molecule has 1 aliphatic carbocycles. The van der Waals surface area contributed by atoms with E-state index in [0.717, 1.165) is 38.8 Å². The molecule has 0 aromatic rings. The highest BCUT2D eigenvalue weighted by Gasteiger charge is 2.39. The monoisotopic (exact) mass is 211 g/mol. The molecule has 0 radical (unpaired) electrons. The van der Waals surface area contributed by atoms with Crippen molar-refractivity contribution in [3.05, 3.63) is 0 Å². The predicted octanol–water partition coefficient (Wildman–Crippen LogP) is 1.83. The summed E-state index contributed by atoms with van der Waals surface area (Å²) in [4.78, 5) is 13.6. The van der Waals surface area contributed by atoms with Crippen LogP contribution in [0.5, 0.6) is 0 Å². The fraction of sp³-hybridized carbons (Fsp3) is 0.917. The van der Waals surface area contributed by atoms with E-state index in [2.05, 4.69) is 11.9 Å². The standard InChI is InChI=1S/C12H21NO2/c1-13-7-3-6-10(8-13)11(12(14)15)9-4-2-5-9/h9-11H,2-8H2,1H3,(H,14,15). The van der Waals surface area contributed by atoms with Gasteiger partial charge in [0, 0.05) is 6.54 Å². The quantitative estimate of drug-likeness (QED) is 0.774. The maximum Gasteiger partial charge on any atom is 0.307 e. The van der Waals surface area contributed by atoms with Crippen LogP contribution in [0.25, 0.3) is 0 Å². The highest BCUT2D eigenvalue weighted by molar-refractivity contribution is 5.71. The molecule has 0 aromatic carbocycles. The first-order valence-corrected chi connectivity index (χ1v) is 6.10. The molecule has 3 heteroatoms. The number of piperidine rings is 1. The summed E-state index contributed by atoms with van der Waals surface area (Å²) in [5.74, 6) is 0.243. The van der Waals surface area contributed by atoms with E-state index in [-0.39, 0.29) is 5.92 Å². The van der Waals surface area contributed by atoms with Crippen LogP contribution in [0.2, 0.25) is 0 Å². The second kappa shape index (κ2) is 4.52. The molecule has 86 valence electrons. The predicted molar refractivity (Wildman–Crippen MR) is 58.7 cm³/mol. The van der Waals surface area contributed by atoms with Crippen LogP contribution in [0, 0.1) is 17.8 Å². The number of likely N-dealkylation sites (tertiary alicyclic amines) is 1. The summed E-state index contributed by atoms with van der Waals surface area (Å²) >= 11 is 0. The number of aliphatic carboxylic acids is 1. The third kappa shape index (κ3) is 2.33. The Kier molecular flexibility index (Phi) is 3.29. The average molecular weight is 211 g/mol. The van der Waals surface area contributed by atoms with E-state index < -0.39 is 5.97 Å². The normalized spacial score (nSPS) is 30.9. The van der Waals surface area contributed by atoms with E-state index in [0.29, 0.717) is 11.8 Å². The highest BCUT2D eigenvalue weighted by atomic mass is 16.4. The van der Waals surface area contributed by atoms with Gasteiger partial charge in [-0.25, -0.2) is 0 Å². The van der Waals surface area contributed by atoms with Crippen LogP contribution in [-0.2, 0) is 4.79 Å². The van der Waals surface area contributed by atoms with Crippen molar-refractivity contribution >= 4 is 5.97 Å². The lowest BCUT2D eigenvalue weighted by molar-refractivity contribution is -0.148. The van der Waals surface area contributed by atoms with Crippen LogP contribution in [0.15, 0.2) is 0 Å². The number of carbonyl (C=O) groups is 1. The Hall–Kier alpha value is -0.570. The summed E-state index contributed by atoms with van der Waals surface area (Å²) in [6.45, 7) is 2.11. The van der Waals surface area contributed by atoms with E-state index in [4.69, 9.17) is 0 Å². The first kappa shape index (κ1) is 10.9. The van der Waals surface area contributed by atoms with Crippen molar-refractivity contribution in [3.63, 3.8) is 0 Å². The van der Waals surface area contributed by atoms with Crippen LogP contribution in [0.4, 0.5) is 0 Å². The molecule has 2 atom stereocenters. The smallest absolute Gasteiger partial charge is 0.307 e. The lowest BCUT2D eigenvalue weighted by Crippen LogP contribution is -2.42. The molecular weight excluding hydrogens is 190 g/mol. The average Bonchev–Trinajstić information content (AvgIpc) is 2.10. The maximum atomic E-state index is 11.3. The van der Waals surface area contributed by atoms with E-state index in [1.165, 1.54) is 6.42 Å². The molecule has 1 saturated heterocycles. The molecule has 0 bridgehead atoms. The summed E-state index contributed by atoms with van der Waals surface area (Å²) in [6, 6.07) is 0. The van der Waals surface area contributed by atoms with Gasteiger partial charge < -0.3 is 10.0 Å². The Morgan fingerprint density at radius 1 is 1.27 bits per heavy atom. The molecule has 15 heavy (non-hydrogen) atoms. The minimum Gasteiger partial charge on any atom is -0.481 e. The van der Waals surface area contributed by atoms with Gasteiger partial charge >= 0.3 is 5.97 Å². The molecule has 0 spiro atoms. The van der Waals surface area contributed by atoms with Gasteiger partial charge in [-0.2, -0.15) is 0 Å². The number of nitrogens with zero attached hydrogens (tertiary/aromatic N) is 1. The van der Waals surface area contributed by atoms with Crippen LogP contribution in [0.3, 0.4) is 0 Å². The molecule has 3 nitrogen and oxygen atoms in total. The van der Waals surface area contributed by atoms with Gasteiger partial charge in [0.15, 0.2) is 0 Å². The molecular formula is C12H21NO2. The van der Waals surface area contributed by atoms with Gasteiger partial charge in [-0.1, -0.05) is 6.42 Å². The van der Waals surface area contributed by atoms with Crippen LogP contribution in [-0.4, -0.2) is 36.1 Å². The second-order valence-corrected chi connectivity index (χ2v) is 5.22. The summed E-state index contributed by atoms with van der Waals surface area (Å²) in [7, 11) is 2.10. The zero-order chi connectivity index (χ0) is 10.8. The minimum atomic E-state index is -0.556. The Balaban J connectivity index is 1.99. The lowest BCUT2D eigenvalue weighted by atomic mass is 9.69. The number of carboxylic acids is 1. The molecule has 0 amide bonds. The fourth-order valence-electron chi connectivity index (χ4n) is 3.09. The first-order chi connectivity index (χ1) is 7.18. The van der Waals surface area contributed by atoms with Crippen molar-refractivity contribution in [2.24, 2.45) is 17.8 Å². The largest absolute Gasteiger partial charge is 0.481 e. The third-order valence-corrected chi connectivity index (χ3v) is 4.11. The molecule has 1 saturated carbocycles. The summed E-state index contributed by atoms with van der Waals surface area (Å²) < 4.78 is 0. The number of carboxylic acid groups (broad SMARTS) is 1. The van der Waals surface area contributed by atoms with E-state index in [9.17, 15) is 9.90 Å². The van der Waals surface area contributed by atoms with Gasteiger partial charge in [-0.15, -0.1) is 0 Å². The molecule has 2 fully saturated rings. The maximum absolute atomic E-state index is 11.3. The second-order valence-electron chi connectivity index (χ2n) is 5.22. The molecule has 2 aliphatic rings. The van der Waals surface area contributed by atoms with Crippen molar-refractivity contribution < 1.29 is 9.90 Å². The molecule has 0 aromatic heterocycles. The van der Waals surface area contributed by atoms with E-state index in [1.54, 1.807) is 0 Å². The van der Waals surface area contributed by atoms with Crippen molar-refractivity contribution in [3.8, 4) is 0 Å². The lowest BCUT2D eigenvalue weighted by Gasteiger charge is -2.40. The molecule has 1 aliphatic heterocycles. The van der Waals surface area contributed by atoms with Gasteiger partial charge in [0.2, 0.25) is 0 Å². The van der Waals surface area contributed by atoms with Crippen LogP contribution < -0.4 is 0 Å². The van der Waals surface area contributed by atoms with Crippen LogP contribution >= 0.6 is 0 Å². The topological polar surface area (TPSA) is 40.5 Å². The van der Waals surface area contributed by atoms with Crippen molar-refractivity contribution in [2.75, 3.05) is 20.1 Å². The van der Waals surface area contributed by atoms with Gasteiger partial charge in [-0.3, -0.25) is 4.79 Å². The summed E-state index contributed by atoms with van der Waals surface area (Å²) in [5, 5.41) is 9.33.